The quantitative estimate of drug-likeness (QED) is 0.464. The molecule has 1 N–H and O–H groups in total. The zero-order valence-corrected chi connectivity index (χ0v) is 19.5. The molecule has 0 bridgehead atoms. The maximum atomic E-state index is 5.37. The summed E-state index contributed by atoms with van der Waals surface area (Å²) in [5.41, 5.74) is 2.66. The van der Waals surface area contributed by atoms with Crippen LogP contribution >= 0.6 is 0 Å². The fourth-order valence-electron chi connectivity index (χ4n) is 4.17. The minimum atomic E-state index is 0.537. The largest absolute Gasteiger partial charge is 0.497 e. The molecule has 0 aliphatic carbocycles. The molecule has 0 spiro atoms. The molecule has 1 aliphatic heterocycles. The molecule has 3 heterocycles. The molecule has 1 fully saturated rings. The summed E-state index contributed by atoms with van der Waals surface area (Å²) < 4.78 is 10.7. The van der Waals surface area contributed by atoms with Crippen LogP contribution in [-0.4, -0.2) is 60.3 Å². The van der Waals surface area contributed by atoms with E-state index >= 15 is 0 Å². The Kier molecular flexibility index (Phi) is 5.99. The van der Waals surface area contributed by atoms with Crippen LogP contribution in [0.3, 0.4) is 0 Å². The Morgan fingerprint density at radius 3 is 2.26 bits per heavy atom. The lowest BCUT2D eigenvalue weighted by atomic mass is 10.2. The second-order valence-corrected chi connectivity index (χ2v) is 8.11. The number of piperazine rings is 1. The summed E-state index contributed by atoms with van der Waals surface area (Å²) in [7, 11) is 3.26. The number of para-hydroxylation sites is 1. The van der Waals surface area contributed by atoms with Gasteiger partial charge in [-0.1, -0.05) is 12.1 Å². The molecule has 2 aromatic heterocycles. The third kappa shape index (κ3) is 4.50. The van der Waals surface area contributed by atoms with Gasteiger partial charge in [-0.15, -0.1) is 0 Å². The highest BCUT2D eigenvalue weighted by atomic mass is 16.5. The van der Waals surface area contributed by atoms with Crippen LogP contribution < -0.4 is 24.6 Å². The Balaban J connectivity index is 1.33. The molecule has 0 saturated carbocycles. The van der Waals surface area contributed by atoms with Crippen molar-refractivity contribution in [3.05, 3.63) is 60.6 Å². The van der Waals surface area contributed by atoms with E-state index in [9.17, 15) is 0 Å². The smallest absolute Gasteiger partial charge is 0.229 e. The first-order chi connectivity index (χ1) is 16.6. The van der Waals surface area contributed by atoms with Crippen molar-refractivity contribution in [1.29, 1.82) is 0 Å². The lowest BCUT2D eigenvalue weighted by Gasteiger charge is -2.36. The van der Waals surface area contributed by atoms with Gasteiger partial charge in [-0.2, -0.15) is 4.98 Å². The monoisotopic (exact) mass is 457 g/mol. The van der Waals surface area contributed by atoms with Crippen molar-refractivity contribution in [2.24, 2.45) is 0 Å². The number of hydrogen-bond donors (Lipinski definition) is 1. The van der Waals surface area contributed by atoms with Crippen LogP contribution in [0.1, 0.15) is 5.69 Å². The van der Waals surface area contributed by atoms with Crippen molar-refractivity contribution in [2.45, 2.75) is 6.92 Å². The Bertz CT molecular complexity index is 1280. The third-order valence-electron chi connectivity index (χ3n) is 5.87. The van der Waals surface area contributed by atoms with Gasteiger partial charge in [-0.25, -0.2) is 15.0 Å². The van der Waals surface area contributed by atoms with Gasteiger partial charge in [0.25, 0.3) is 0 Å². The van der Waals surface area contributed by atoms with Crippen LogP contribution in [0.5, 0.6) is 11.5 Å². The van der Waals surface area contributed by atoms with E-state index in [1.54, 1.807) is 20.5 Å². The highest BCUT2D eigenvalue weighted by Crippen LogP contribution is 2.29. The Labute approximate surface area is 198 Å². The number of hydrogen-bond acceptors (Lipinski definition) is 9. The number of anilines is 4. The van der Waals surface area contributed by atoms with Gasteiger partial charge in [-0.05, 0) is 19.1 Å². The lowest BCUT2D eigenvalue weighted by Crippen LogP contribution is -2.47. The van der Waals surface area contributed by atoms with E-state index < -0.39 is 0 Å². The van der Waals surface area contributed by atoms with Crippen LogP contribution in [0.2, 0.25) is 0 Å². The third-order valence-corrected chi connectivity index (χ3v) is 5.87. The number of rotatable bonds is 6. The number of nitrogens with zero attached hydrogens (tertiary/aromatic N) is 6. The van der Waals surface area contributed by atoms with Crippen molar-refractivity contribution < 1.29 is 9.47 Å². The molecule has 174 valence electrons. The standard InChI is InChI=1S/C25H27N7O2/c1-17-12-23(30-25(28-17)29-18-13-19(33-2)15-20(14-18)34-3)31-8-10-32(11-9-31)24-21-6-4-5-7-22(21)26-16-27-24/h4-7,12-16H,8-11H2,1-3H3,(H,28,29,30). The minimum Gasteiger partial charge on any atom is -0.497 e. The van der Waals surface area contributed by atoms with E-state index in [0.29, 0.717) is 17.4 Å². The minimum absolute atomic E-state index is 0.537. The van der Waals surface area contributed by atoms with Crippen LogP contribution in [0.4, 0.5) is 23.3 Å². The van der Waals surface area contributed by atoms with Gasteiger partial charge in [0.1, 0.15) is 29.5 Å². The van der Waals surface area contributed by atoms with Gasteiger partial charge >= 0.3 is 0 Å². The predicted octanol–water partition coefficient (Wildman–Crippen LogP) is 3.82. The molecule has 9 nitrogen and oxygen atoms in total. The molecule has 0 atom stereocenters. The summed E-state index contributed by atoms with van der Waals surface area (Å²) in [6.07, 6.45) is 1.64. The topological polar surface area (TPSA) is 88.5 Å². The van der Waals surface area contributed by atoms with Gasteiger partial charge in [-0.3, -0.25) is 0 Å². The predicted molar refractivity (Wildman–Crippen MR) is 134 cm³/mol. The van der Waals surface area contributed by atoms with Crippen molar-refractivity contribution >= 4 is 34.2 Å². The van der Waals surface area contributed by atoms with Crippen LogP contribution in [0, 0.1) is 6.92 Å². The number of aromatic nitrogens is 4. The van der Waals surface area contributed by atoms with Crippen molar-refractivity contribution in [3.63, 3.8) is 0 Å². The van der Waals surface area contributed by atoms with Gasteiger partial charge in [0.2, 0.25) is 5.95 Å². The number of benzene rings is 2. The summed E-state index contributed by atoms with van der Waals surface area (Å²) in [6, 6.07) is 15.8. The molecule has 0 radical (unpaired) electrons. The van der Waals surface area contributed by atoms with Crippen molar-refractivity contribution in [2.75, 3.05) is 55.5 Å². The number of methoxy groups -OCH3 is 2. The van der Waals surface area contributed by atoms with Gasteiger partial charge < -0.3 is 24.6 Å². The number of aryl methyl sites for hydroxylation is 1. The number of nitrogens with one attached hydrogen (secondary N) is 1. The summed E-state index contributed by atoms with van der Waals surface area (Å²) in [5, 5.41) is 4.37. The van der Waals surface area contributed by atoms with E-state index in [1.165, 1.54) is 0 Å². The van der Waals surface area contributed by atoms with E-state index in [0.717, 1.165) is 60.1 Å². The van der Waals surface area contributed by atoms with Crippen LogP contribution in [-0.2, 0) is 0 Å². The summed E-state index contributed by atoms with van der Waals surface area (Å²) >= 11 is 0. The summed E-state index contributed by atoms with van der Waals surface area (Å²) in [6.45, 7) is 5.34. The first kappa shape index (κ1) is 21.7. The second-order valence-electron chi connectivity index (χ2n) is 8.11. The molecule has 1 saturated heterocycles. The molecule has 9 heteroatoms. The van der Waals surface area contributed by atoms with Crippen molar-refractivity contribution in [3.8, 4) is 11.5 Å². The molecule has 34 heavy (non-hydrogen) atoms. The maximum absolute atomic E-state index is 5.37. The van der Waals surface area contributed by atoms with Crippen LogP contribution in [0.15, 0.2) is 54.9 Å². The maximum Gasteiger partial charge on any atom is 0.229 e. The van der Waals surface area contributed by atoms with E-state index in [1.807, 2.05) is 49.4 Å². The molecule has 0 unspecified atom stereocenters. The SMILES string of the molecule is COc1cc(Nc2nc(C)cc(N3CCN(c4ncnc5ccccc45)CC3)n2)cc(OC)c1. The first-order valence-electron chi connectivity index (χ1n) is 11.2. The molecular formula is C25H27N7O2. The average molecular weight is 458 g/mol. The normalized spacial score (nSPS) is 13.7. The summed E-state index contributed by atoms with van der Waals surface area (Å²) in [5.74, 6) is 3.82. The van der Waals surface area contributed by atoms with Gasteiger partial charge in [0.15, 0.2) is 0 Å². The van der Waals surface area contributed by atoms with Gasteiger partial charge in [0.05, 0.1) is 19.7 Å². The fourth-order valence-corrected chi connectivity index (χ4v) is 4.17. The lowest BCUT2D eigenvalue weighted by molar-refractivity contribution is 0.395. The van der Waals surface area contributed by atoms with Crippen LogP contribution in [0.25, 0.3) is 10.9 Å². The van der Waals surface area contributed by atoms with Crippen molar-refractivity contribution in [1.82, 2.24) is 19.9 Å². The highest BCUT2D eigenvalue weighted by molar-refractivity contribution is 5.89. The van der Waals surface area contributed by atoms with Gasteiger partial charge in [0, 0.05) is 67.2 Å². The van der Waals surface area contributed by atoms with E-state index in [4.69, 9.17) is 14.5 Å². The molecule has 4 aromatic rings. The average Bonchev–Trinajstić information content (AvgIpc) is 2.88. The van der Waals surface area contributed by atoms with E-state index in [2.05, 4.69) is 36.1 Å². The zero-order chi connectivity index (χ0) is 23.5. The highest BCUT2D eigenvalue weighted by Gasteiger charge is 2.21. The van der Waals surface area contributed by atoms with E-state index in [-0.39, 0.29) is 0 Å². The molecule has 0 amide bonds. The second kappa shape index (κ2) is 9.38. The fraction of sp³-hybridized carbons (Fsp3) is 0.280. The Morgan fingerprint density at radius 2 is 1.53 bits per heavy atom. The Morgan fingerprint density at radius 1 is 0.824 bits per heavy atom. The molecule has 1 aliphatic rings. The Hall–Kier alpha value is -4.14. The summed E-state index contributed by atoms with van der Waals surface area (Å²) in [4.78, 5) is 22.9. The number of fused-ring (bicyclic) bond motifs is 1. The molecule has 5 rings (SSSR count). The number of ether oxygens (including phenoxy) is 2. The first-order valence-corrected chi connectivity index (χ1v) is 11.2. The zero-order valence-electron chi connectivity index (χ0n) is 19.5. The molecular weight excluding hydrogens is 430 g/mol. The molecule has 2 aromatic carbocycles.